The Morgan fingerprint density at radius 3 is 1.91 bits per heavy atom. The van der Waals surface area contributed by atoms with E-state index in [1.54, 1.807) is 18.2 Å². The van der Waals surface area contributed by atoms with Crippen LogP contribution in [0.5, 0.6) is 5.88 Å². The van der Waals surface area contributed by atoms with Gasteiger partial charge in [0.15, 0.2) is 5.41 Å². The standard InChI is InChI=1S/C21H19N5O7/c1-22-11-9-7-6-8-10(11)20(15(22)28)12-13(27)23(2)18(31)24(3)14(12)33-21(20)16(29)25(4)19(32)26(5)17(21)30/h6-9H,1-5H3. The van der Waals surface area contributed by atoms with Crippen molar-refractivity contribution in [2.45, 2.75) is 11.0 Å². The second kappa shape index (κ2) is 5.97. The first-order valence-electron chi connectivity index (χ1n) is 9.93. The summed E-state index contributed by atoms with van der Waals surface area (Å²) in [7, 11) is 6.29. The van der Waals surface area contributed by atoms with Crippen LogP contribution in [0.15, 0.2) is 33.9 Å². The lowest BCUT2D eigenvalue weighted by Gasteiger charge is -2.44. The number of barbiturate groups is 1. The van der Waals surface area contributed by atoms with Crippen molar-refractivity contribution in [3.05, 3.63) is 56.2 Å². The number of hydrogen-bond donors (Lipinski definition) is 0. The number of urea groups is 1. The molecule has 170 valence electrons. The van der Waals surface area contributed by atoms with Gasteiger partial charge < -0.3 is 9.64 Å². The number of imide groups is 2. The third-order valence-electron chi connectivity index (χ3n) is 6.84. The molecule has 0 bridgehead atoms. The summed E-state index contributed by atoms with van der Waals surface area (Å²) < 4.78 is 7.73. The van der Waals surface area contributed by atoms with Crippen molar-refractivity contribution in [2.24, 2.45) is 14.1 Å². The van der Waals surface area contributed by atoms with Crippen molar-refractivity contribution in [3.8, 4) is 5.88 Å². The van der Waals surface area contributed by atoms with E-state index in [1.165, 1.54) is 32.1 Å². The summed E-state index contributed by atoms with van der Waals surface area (Å²) in [5, 5.41) is 0. The molecular formula is C21H19N5O7. The van der Waals surface area contributed by atoms with Crippen LogP contribution in [0.4, 0.5) is 10.5 Å². The van der Waals surface area contributed by atoms with E-state index in [-0.39, 0.29) is 17.0 Å². The molecule has 0 N–H and O–H groups in total. The molecule has 1 fully saturated rings. The molecule has 3 aliphatic heterocycles. The molecule has 4 heterocycles. The van der Waals surface area contributed by atoms with E-state index in [1.807, 2.05) is 0 Å². The average molecular weight is 453 g/mol. The minimum Gasteiger partial charge on any atom is -0.449 e. The summed E-state index contributed by atoms with van der Waals surface area (Å²) in [5.74, 6) is -3.37. The van der Waals surface area contributed by atoms with Crippen LogP contribution in [-0.4, -0.2) is 69.4 Å². The number of fused-ring (bicyclic) bond motifs is 5. The van der Waals surface area contributed by atoms with Crippen molar-refractivity contribution in [2.75, 3.05) is 26.0 Å². The summed E-state index contributed by atoms with van der Waals surface area (Å²) >= 11 is 0. The fraction of sp³-hybridized carbons (Fsp3) is 0.333. The Balaban J connectivity index is 2.05. The van der Waals surface area contributed by atoms with Gasteiger partial charge in [-0.25, -0.2) is 9.59 Å². The first-order chi connectivity index (χ1) is 15.5. The Morgan fingerprint density at radius 2 is 1.30 bits per heavy atom. The molecule has 0 aliphatic carbocycles. The zero-order chi connectivity index (χ0) is 24.2. The Bertz CT molecular complexity index is 1430. The fourth-order valence-corrected chi connectivity index (χ4v) is 5.18. The number of carbonyl (C=O) groups is 4. The number of likely N-dealkylation sites (N-methyl/N-ethyl adjacent to an activating group) is 3. The number of benzene rings is 1. The smallest absolute Gasteiger partial charge is 0.333 e. The maximum absolute atomic E-state index is 14.1. The van der Waals surface area contributed by atoms with Crippen LogP contribution in [0.1, 0.15) is 11.1 Å². The van der Waals surface area contributed by atoms with Crippen LogP contribution < -0.4 is 20.9 Å². The molecule has 3 aliphatic rings. The molecule has 1 unspecified atom stereocenters. The number of para-hydroxylation sites is 1. The van der Waals surface area contributed by atoms with Crippen molar-refractivity contribution >= 4 is 29.4 Å². The summed E-state index contributed by atoms with van der Waals surface area (Å²) in [4.78, 5) is 82.9. The number of nitrogens with zero attached hydrogens (tertiary/aromatic N) is 5. The van der Waals surface area contributed by atoms with Gasteiger partial charge in [0.1, 0.15) is 5.56 Å². The van der Waals surface area contributed by atoms with Crippen LogP contribution in [0, 0.1) is 0 Å². The van der Waals surface area contributed by atoms with Gasteiger partial charge >= 0.3 is 11.7 Å². The summed E-state index contributed by atoms with van der Waals surface area (Å²) in [6.45, 7) is 0. The lowest BCUT2D eigenvalue weighted by molar-refractivity contribution is -0.170. The van der Waals surface area contributed by atoms with Gasteiger partial charge in [0.2, 0.25) is 11.8 Å². The predicted molar refractivity (Wildman–Crippen MR) is 112 cm³/mol. The highest BCUT2D eigenvalue weighted by molar-refractivity contribution is 6.29. The molecule has 12 nitrogen and oxygen atoms in total. The minimum absolute atomic E-state index is 0.185. The first-order valence-corrected chi connectivity index (χ1v) is 9.93. The van der Waals surface area contributed by atoms with Gasteiger partial charge in [-0.2, -0.15) is 0 Å². The topological polar surface area (TPSA) is 131 Å². The lowest BCUT2D eigenvalue weighted by Crippen LogP contribution is -2.77. The average Bonchev–Trinajstić information content (AvgIpc) is 3.26. The number of carbonyl (C=O) groups excluding carboxylic acids is 4. The van der Waals surface area contributed by atoms with E-state index in [0.717, 1.165) is 23.2 Å². The van der Waals surface area contributed by atoms with E-state index in [9.17, 15) is 28.8 Å². The monoisotopic (exact) mass is 453 g/mol. The number of anilines is 1. The molecule has 2 aromatic rings. The van der Waals surface area contributed by atoms with Crippen LogP contribution in [-0.2, 0) is 33.9 Å². The summed E-state index contributed by atoms with van der Waals surface area (Å²) in [6, 6.07) is 5.48. The van der Waals surface area contributed by atoms with Gasteiger partial charge in [-0.05, 0) is 6.07 Å². The number of hydrogen-bond acceptors (Lipinski definition) is 7. The zero-order valence-corrected chi connectivity index (χ0v) is 18.4. The zero-order valence-electron chi connectivity index (χ0n) is 18.4. The highest BCUT2D eigenvalue weighted by atomic mass is 16.5. The largest absolute Gasteiger partial charge is 0.449 e. The van der Waals surface area contributed by atoms with E-state index in [2.05, 4.69) is 0 Å². The maximum Gasteiger partial charge on any atom is 0.333 e. The van der Waals surface area contributed by atoms with Gasteiger partial charge in [-0.3, -0.25) is 38.1 Å². The second-order valence-electron chi connectivity index (χ2n) is 8.31. The Hall–Kier alpha value is -4.22. The van der Waals surface area contributed by atoms with Crippen molar-refractivity contribution in [3.63, 3.8) is 0 Å². The molecule has 12 heteroatoms. The van der Waals surface area contributed by atoms with Crippen LogP contribution in [0.3, 0.4) is 0 Å². The fourth-order valence-electron chi connectivity index (χ4n) is 5.18. The van der Waals surface area contributed by atoms with Gasteiger partial charge in [-0.15, -0.1) is 0 Å². The number of ether oxygens (including phenoxy) is 1. The molecule has 0 saturated carbocycles. The van der Waals surface area contributed by atoms with Gasteiger partial charge in [-0.1, -0.05) is 18.2 Å². The number of amides is 5. The molecule has 1 aromatic carbocycles. The van der Waals surface area contributed by atoms with E-state index < -0.39 is 46.0 Å². The molecule has 0 radical (unpaired) electrons. The SMILES string of the molecule is CN1C(=O)N(C)C(=O)C2(Oc3c(c(=O)n(C)c(=O)n3C)C23C(=O)N(C)c2ccccc23)C1=O. The van der Waals surface area contributed by atoms with Crippen molar-refractivity contribution in [1.82, 2.24) is 18.9 Å². The van der Waals surface area contributed by atoms with E-state index in [0.29, 0.717) is 15.5 Å². The molecule has 1 atom stereocenters. The van der Waals surface area contributed by atoms with Gasteiger partial charge in [0.05, 0.1) is 0 Å². The Kier molecular flexibility index (Phi) is 3.74. The van der Waals surface area contributed by atoms with E-state index >= 15 is 0 Å². The van der Waals surface area contributed by atoms with E-state index in [4.69, 9.17) is 4.74 Å². The quantitative estimate of drug-likeness (QED) is 0.445. The molecule has 2 spiro atoms. The highest BCUT2D eigenvalue weighted by Crippen LogP contribution is 2.59. The van der Waals surface area contributed by atoms with Gasteiger partial charge in [0, 0.05) is 46.5 Å². The van der Waals surface area contributed by atoms with Crippen LogP contribution >= 0.6 is 0 Å². The molecular weight excluding hydrogens is 434 g/mol. The first kappa shape index (κ1) is 20.7. The second-order valence-corrected chi connectivity index (χ2v) is 8.31. The Labute approximate surface area is 186 Å². The predicted octanol–water partition coefficient (Wildman–Crippen LogP) is -1.47. The van der Waals surface area contributed by atoms with Crippen LogP contribution in [0.25, 0.3) is 0 Å². The normalized spacial score (nSPS) is 23.0. The summed E-state index contributed by atoms with van der Waals surface area (Å²) in [6.07, 6.45) is 0. The third-order valence-corrected chi connectivity index (χ3v) is 6.84. The molecule has 33 heavy (non-hydrogen) atoms. The molecule has 1 saturated heterocycles. The minimum atomic E-state index is -2.65. The van der Waals surface area contributed by atoms with Crippen molar-refractivity contribution < 1.29 is 23.9 Å². The Morgan fingerprint density at radius 1 is 0.727 bits per heavy atom. The van der Waals surface area contributed by atoms with Gasteiger partial charge in [0.25, 0.3) is 23.0 Å². The molecule has 5 amide bonds. The highest BCUT2D eigenvalue weighted by Gasteiger charge is 2.81. The van der Waals surface area contributed by atoms with Crippen molar-refractivity contribution in [1.29, 1.82) is 0 Å². The summed E-state index contributed by atoms with van der Waals surface area (Å²) in [5.41, 5.74) is -6.33. The lowest BCUT2D eigenvalue weighted by atomic mass is 9.63. The number of aromatic nitrogens is 2. The molecule has 1 aromatic heterocycles. The molecule has 5 rings (SSSR count). The maximum atomic E-state index is 14.1. The third kappa shape index (κ3) is 1.89. The number of rotatable bonds is 0. The van der Waals surface area contributed by atoms with Crippen LogP contribution in [0.2, 0.25) is 0 Å².